The predicted octanol–water partition coefficient (Wildman–Crippen LogP) is -1.34. The van der Waals surface area contributed by atoms with Crippen LogP contribution in [0.1, 0.15) is 12.0 Å². The van der Waals surface area contributed by atoms with Gasteiger partial charge in [0.25, 0.3) is 0 Å². The summed E-state index contributed by atoms with van der Waals surface area (Å²) in [5.41, 5.74) is 0.759. The molecule has 1 aromatic carbocycles. The van der Waals surface area contributed by atoms with Crippen molar-refractivity contribution >= 4 is 18.0 Å². The fourth-order valence-electron chi connectivity index (χ4n) is 3.71. The van der Waals surface area contributed by atoms with Gasteiger partial charge in [-0.15, -0.1) is 0 Å². The zero-order valence-electron chi connectivity index (χ0n) is 18.3. The Bertz CT molecular complexity index is 899. The zero-order valence-corrected chi connectivity index (χ0v) is 18.3. The minimum absolute atomic E-state index is 0.0414. The van der Waals surface area contributed by atoms with E-state index in [4.69, 9.17) is 14.2 Å². The molecule has 5 N–H and O–H groups in total. The molecule has 8 atom stereocenters. The highest BCUT2D eigenvalue weighted by molar-refractivity contribution is 5.89. The second-order valence-electron chi connectivity index (χ2n) is 7.90. The van der Waals surface area contributed by atoms with Crippen LogP contribution in [0.25, 0.3) is 6.08 Å². The number of aliphatic hydroxyl groups excluding tert-OH is 5. The number of ether oxygens (including phenoxy) is 4. The molecule has 1 aliphatic heterocycles. The lowest BCUT2D eigenvalue weighted by atomic mass is 9.91. The van der Waals surface area contributed by atoms with E-state index in [0.29, 0.717) is 0 Å². The molecular formula is C23H28O11. The first-order chi connectivity index (χ1) is 16.2. The summed E-state index contributed by atoms with van der Waals surface area (Å²) in [6.45, 7) is -0.685. The largest absolute Gasteiger partial charge is 0.466 e. The van der Waals surface area contributed by atoms with E-state index in [1.165, 1.54) is 6.08 Å². The third-order valence-electron chi connectivity index (χ3n) is 5.57. The summed E-state index contributed by atoms with van der Waals surface area (Å²) >= 11 is 0. The van der Waals surface area contributed by atoms with Gasteiger partial charge >= 0.3 is 11.9 Å². The van der Waals surface area contributed by atoms with Gasteiger partial charge in [0.2, 0.25) is 0 Å². The normalized spacial score (nSPS) is 33.9. The maximum Gasteiger partial charge on any atom is 0.333 e. The Morgan fingerprint density at radius 2 is 1.79 bits per heavy atom. The molecule has 0 aromatic heterocycles. The van der Waals surface area contributed by atoms with Crippen molar-refractivity contribution in [2.24, 2.45) is 0 Å². The zero-order chi connectivity index (χ0) is 24.8. The van der Waals surface area contributed by atoms with Gasteiger partial charge in [-0.3, -0.25) is 0 Å². The number of hydrogen-bond acceptors (Lipinski definition) is 11. The number of esters is 2. The third-order valence-corrected chi connectivity index (χ3v) is 5.57. The van der Waals surface area contributed by atoms with E-state index in [1.54, 1.807) is 24.3 Å². The molecule has 0 amide bonds. The molecule has 0 spiro atoms. The van der Waals surface area contributed by atoms with Crippen molar-refractivity contribution in [3.63, 3.8) is 0 Å². The van der Waals surface area contributed by atoms with E-state index in [-0.39, 0.29) is 12.0 Å². The molecule has 11 heteroatoms. The SMILES string of the molecule is COC(=O)C1=CC(O)C(O)C(OC2OC(CO)C(O)C(O)C2OC(=O)C=Cc2ccccc2)C1. The molecule has 1 saturated heterocycles. The van der Waals surface area contributed by atoms with Crippen molar-refractivity contribution in [3.8, 4) is 0 Å². The molecule has 186 valence electrons. The van der Waals surface area contributed by atoms with Crippen molar-refractivity contribution < 1.29 is 54.1 Å². The van der Waals surface area contributed by atoms with Crippen molar-refractivity contribution in [1.29, 1.82) is 0 Å². The number of rotatable bonds is 7. The van der Waals surface area contributed by atoms with E-state index < -0.39 is 67.6 Å². The molecule has 1 heterocycles. The first-order valence-corrected chi connectivity index (χ1v) is 10.6. The first kappa shape index (κ1) is 26.0. The number of aliphatic hydroxyl groups is 5. The Balaban J connectivity index is 1.77. The highest BCUT2D eigenvalue weighted by Gasteiger charge is 2.49. The minimum Gasteiger partial charge on any atom is -0.466 e. The molecule has 1 aliphatic carbocycles. The van der Waals surface area contributed by atoms with Crippen LogP contribution >= 0.6 is 0 Å². The summed E-state index contributed by atoms with van der Waals surface area (Å²) < 4.78 is 21.1. The molecule has 0 radical (unpaired) electrons. The summed E-state index contributed by atoms with van der Waals surface area (Å²) in [6, 6.07) is 8.88. The lowest BCUT2D eigenvalue weighted by molar-refractivity contribution is -0.320. The molecule has 2 aliphatic rings. The molecule has 1 fully saturated rings. The number of hydrogen-bond donors (Lipinski definition) is 5. The molecule has 11 nitrogen and oxygen atoms in total. The number of benzene rings is 1. The van der Waals surface area contributed by atoms with Gasteiger partial charge in [0, 0.05) is 18.1 Å². The van der Waals surface area contributed by atoms with Crippen LogP contribution in [-0.2, 0) is 28.5 Å². The van der Waals surface area contributed by atoms with Gasteiger partial charge in [-0.2, -0.15) is 0 Å². The average molecular weight is 480 g/mol. The standard InChI is InChI=1S/C23H28O11/c1-31-22(30)13-9-14(25)18(27)15(10-13)32-23-21(20(29)19(28)16(11-24)33-23)34-17(26)8-7-12-5-3-2-4-6-12/h2-9,14-16,18-21,23-25,27-29H,10-11H2,1H3. The van der Waals surface area contributed by atoms with E-state index in [1.807, 2.05) is 6.07 Å². The van der Waals surface area contributed by atoms with Crippen molar-refractivity contribution in [1.82, 2.24) is 0 Å². The molecule has 0 saturated carbocycles. The summed E-state index contributed by atoms with van der Waals surface area (Å²) in [7, 11) is 1.16. The van der Waals surface area contributed by atoms with Crippen LogP contribution < -0.4 is 0 Å². The summed E-state index contributed by atoms with van der Waals surface area (Å²) in [4.78, 5) is 24.3. The summed E-state index contributed by atoms with van der Waals surface area (Å²) in [6.07, 6.45) is -8.30. The Morgan fingerprint density at radius 3 is 2.44 bits per heavy atom. The minimum atomic E-state index is -1.70. The van der Waals surface area contributed by atoms with Gasteiger partial charge in [-0.05, 0) is 17.7 Å². The molecular weight excluding hydrogens is 452 g/mol. The van der Waals surface area contributed by atoms with Crippen LogP contribution in [0.4, 0.5) is 0 Å². The molecule has 0 bridgehead atoms. The van der Waals surface area contributed by atoms with E-state index in [9.17, 15) is 35.1 Å². The van der Waals surface area contributed by atoms with Gasteiger partial charge in [-0.1, -0.05) is 30.3 Å². The maximum absolute atomic E-state index is 12.4. The second kappa shape index (κ2) is 11.7. The van der Waals surface area contributed by atoms with Crippen LogP contribution in [0.2, 0.25) is 0 Å². The van der Waals surface area contributed by atoms with E-state index in [2.05, 4.69) is 4.74 Å². The third kappa shape index (κ3) is 6.07. The fourth-order valence-corrected chi connectivity index (χ4v) is 3.71. The Kier molecular flexibility index (Phi) is 8.91. The smallest absolute Gasteiger partial charge is 0.333 e. The quantitative estimate of drug-likeness (QED) is 0.231. The van der Waals surface area contributed by atoms with Gasteiger partial charge in [0.15, 0.2) is 12.4 Å². The Hall–Kier alpha value is -2.64. The van der Waals surface area contributed by atoms with E-state index >= 15 is 0 Å². The predicted molar refractivity (Wildman–Crippen MR) is 115 cm³/mol. The molecule has 3 rings (SSSR count). The second-order valence-corrected chi connectivity index (χ2v) is 7.90. The number of carbonyl (C=O) groups is 2. The van der Waals surface area contributed by atoms with Gasteiger partial charge < -0.3 is 44.5 Å². The monoisotopic (exact) mass is 480 g/mol. The Morgan fingerprint density at radius 1 is 1.09 bits per heavy atom. The Labute approximate surface area is 195 Å². The summed E-state index contributed by atoms with van der Waals surface area (Å²) in [5.74, 6) is -1.61. The fraction of sp³-hybridized carbons (Fsp3) is 0.478. The lowest BCUT2D eigenvalue weighted by Gasteiger charge is -2.43. The van der Waals surface area contributed by atoms with Crippen molar-refractivity contribution in [3.05, 3.63) is 53.6 Å². The van der Waals surface area contributed by atoms with Crippen molar-refractivity contribution in [2.75, 3.05) is 13.7 Å². The lowest BCUT2D eigenvalue weighted by Crippen LogP contribution is -2.61. The highest BCUT2D eigenvalue weighted by atomic mass is 16.7. The molecule has 1 aromatic rings. The van der Waals surface area contributed by atoms with Crippen LogP contribution in [0.15, 0.2) is 48.1 Å². The van der Waals surface area contributed by atoms with Gasteiger partial charge in [-0.25, -0.2) is 9.59 Å². The van der Waals surface area contributed by atoms with Crippen LogP contribution in [0, 0.1) is 0 Å². The number of carbonyl (C=O) groups excluding carboxylic acids is 2. The van der Waals surface area contributed by atoms with Crippen molar-refractivity contribution in [2.45, 2.75) is 55.4 Å². The first-order valence-electron chi connectivity index (χ1n) is 10.6. The average Bonchev–Trinajstić information content (AvgIpc) is 2.84. The maximum atomic E-state index is 12.4. The van der Waals surface area contributed by atoms with Crippen LogP contribution in [-0.4, -0.2) is 100 Å². The van der Waals surface area contributed by atoms with Gasteiger partial charge in [0.05, 0.1) is 19.8 Å². The molecule has 34 heavy (non-hydrogen) atoms. The number of methoxy groups -OCH3 is 1. The van der Waals surface area contributed by atoms with E-state index in [0.717, 1.165) is 24.8 Å². The summed E-state index contributed by atoms with van der Waals surface area (Å²) in [5, 5.41) is 50.7. The topological polar surface area (TPSA) is 172 Å². The van der Waals surface area contributed by atoms with Crippen LogP contribution in [0.5, 0.6) is 0 Å². The van der Waals surface area contributed by atoms with Crippen LogP contribution in [0.3, 0.4) is 0 Å². The molecule has 8 unspecified atom stereocenters. The highest BCUT2D eigenvalue weighted by Crippen LogP contribution is 2.30. The van der Waals surface area contributed by atoms with Gasteiger partial charge in [0.1, 0.15) is 30.5 Å².